The van der Waals surface area contributed by atoms with Crippen molar-refractivity contribution in [1.82, 2.24) is 9.88 Å². The van der Waals surface area contributed by atoms with Crippen LogP contribution in [0.25, 0.3) is 0 Å². The maximum absolute atomic E-state index is 12.8. The van der Waals surface area contributed by atoms with Crippen molar-refractivity contribution in [3.63, 3.8) is 0 Å². The Morgan fingerprint density at radius 1 is 1.38 bits per heavy atom. The van der Waals surface area contributed by atoms with E-state index in [1.807, 2.05) is 6.07 Å². The van der Waals surface area contributed by atoms with Crippen LogP contribution in [-0.4, -0.2) is 51.9 Å². The summed E-state index contributed by atoms with van der Waals surface area (Å²) in [4.78, 5) is 18.8. The third-order valence-electron chi connectivity index (χ3n) is 7.15. The minimum Gasteiger partial charge on any atom is -0.446 e. The van der Waals surface area contributed by atoms with Crippen molar-refractivity contribution >= 4 is 23.5 Å². The van der Waals surface area contributed by atoms with Crippen LogP contribution in [0.5, 0.6) is 0 Å². The Bertz CT molecular complexity index is 856. The van der Waals surface area contributed by atoms with Gasteiger partial charge in [-0.25, -0.2) is 9.78 Å². The summed E-state index contributed by atoms with van der Waals surface area (Å²) in [5.74, 6) is 1.72. The number of hydrogen-bond acceptors (Lipinski definition) is 6. The molecule has 1 aromatic rings. The largest absolute Gasteiger partial charge is 0.446 e. The number of pyridine rings is 1. The number of aliphatic hydroxyl groups is 1. The zero-order valence-electron chi connectivity index (χ0n) is 16.2. The van der Waals surface area contributed by atoms with E-state index in [0.29, 0.717) is 47.2 Å². The Kier molecular flexibility index (Phi) is 4.60. The Labute approximate surface area is 175 Å². The third kappa shape index (κ3) is 3.53. The van der Waals surface area contributed by atoms with Gasteiger partial charge < -0.3 is 20.1 Å². The number of ether oxygens (including phenoxy) is 1. The van der Waals surface area contributed by atoms with Gasteiger partial charge in [-0.1, -0.05) is 11.6 Å². The zero-order valence-corrected chi connectivity index (χ0v) is 16.9. The number of carbonyl (C=O) groups excluding carboxylic acids is 1. The molecule has 0 aromatic carbocycles. The van der Waals surface area contributed by atoms with Gasteiger partial charge in [-0.15, -0.1) is 0 Å². The van der Waals surface area contributed by atoms with Gasteiger partial charge in [0.05, 0.1) is 16.2 Å². The molecule has 1 saturated heterocycles. The Balaban J connectivity index is 1.18. The molecular formula is C21H25ClN4O3. The second-order valence-corrected chi connectivity index (χ2v) is 9.69. The summed E-state index contributed by atoms with van der Waals surface area (Å²) in [7, 11) is 0. The molecule has 8 heteroatoms. The first kappa shape index (κ1) is 19.0. The van der Waals surface area contributed by atoms with Crippen LogP contribution in [0.1, 0.15) is 44.1 Å². The number of nitrogens with one attached hydrogen (secondary N) is 1. The van der Waals surface area contributed by atoms with Crippen LogP contribution in [0, 0.1) is 29.1 Å². The molecule has 0 radical (unpaired) electrons. The molecule has 29 heavy (non-hydrogen) atoms. The van der Waals surface area contributed by atoms with Crippen molar-refractivity contribution in [2.75, 3.05) is 18.4 Å². The van der Waals surface area contributed by atoms with E-state index in [4.69, 9.17) is 21.6 Å². The fourth-order valence-electron chi connectivity index (χ4n) is 6.16. The van der Waals surface area contributed by atoms with Gasteiger partial charge in [0.25, 0.3) is 0 Å². The Morgan fingerprint density at radius 2 is 2.14 bits per heavy atom. The number of amides is 1. The molecular weight excluding hydrogens is 392 g/mol. The third-order valence-corrected chi connectivity index (χ3v) is 7.44. The number of nitrogens with zero attached hydrogens (tertiary/aromatic N) is 3. The SMILES string of the molecule is N#Cc1cnc(NC2CCN(C(=O)OC3C4CC5C[C@@H]3CC(O)(C5)C4)C2)c(Cl)c1. The number of likely N-dealkylation sites (tertiary alicyclic amines) is 1. The maximum Gasteiger partial charge on any atom is 0.410 e. The van der Waals surface area contributed by atoms with Crippen LogP contribution in [0.4, 0.5) is 10.6 Å². The molecule has 1 aromatic heterocycles. The molecule has 2 heterocycles. The zero-order chi connectivity index (χ0) is 20.2. The Hall–Kier alpha value is -2.04. The average Bonchev–Trinajstić information content (AvgIpc) is 3.13. The number of rotatable bonds is 3. The lowest BCUT2D eigenvalue weighted by atomic mass is 9.53. The first-order valence-corrected chi connectivity index (χ1v) is 10.8. The van der Waals surface area contributed by atoms with E-state index in [9.17, 15) is 9.90 Å². The molecule has 5 unspecified atom stereocenters. The van der Waals surface area contributed by atoms with Crippen molar-refractivity contribution in [1.29, 1.82) is 5.26 Å². The maximum atomic E-state index is 12.8. The summed E-state index contributed by atoms with van der Waals surface area (Å²) in [6, 6.07) is 3.64. The average molecular weight is 417 g/mol. The number of nitriles is 1. The molecule has 0 spiro atoms. The van der Waals surface area contributed by atoms with Crippen molar-refractivity contribution in [3.8, 4) is 6.07 Å². The predicted molar refractivity (Wildman–Crippen MR) is 106 cm³/mol. The molecule has 4 bridgehead atoms. The lowest BCUT2D eigenvalue weighted by Crippen LogP contribution is -2.58. The lowest BCUT2D eigenvalue weighted by Gasteiger charge is -2.57. The number of hydrogen-bond donors (Lipinski definition) is 2. The van der Waals surface area contributed by atoms with E-state index in [1.54, 1.807) is 11.0 Å². The van der Waals surface area contributed by atoms with Crippen LogP contribution in [0.15, 0.2) is 12.3 Å². The first-order chi connectivity index (χ1) is 13.9. The fourth-order valence-corrected chi connectivity index (χ4v) is 6.38. The Morgan fingerprint density at radius 3 is 2.79 bits per heavy atom. The molecule has 154 valence electrons. The molecule has 7 nitrogen and oxygen atoms in total. The van der Waals surface area contributed by atoms with Crippen LogP contribution < -0.4 is 5.32 Å². The standard InChI is InChI=1S/C21H25ClN4O3/c22-17-5-13(9-23)10-24-19(17)25-16-1-2-26(11-16)20(27)29-18-14-3-12-4-15(18)8-21(28,6-12)7-14/h5,10,12,14-16,18,28H,1-4,6-8,11H2,(H,24,25)/t12?,14-,15?,16?,18?,21?/m1/s1. The quantitative estimate of drug-likeness (QED) is 0.785. The number of aromatic nitrogens is 1. The molecule has 6 rings (SSSR count). The van der Waals surface area contributed by atoms with Crippen LogP contribution in [-0.2, 0) is 4.74 Å². The number of carbonyl (C=O) groups is 1. The van der Waals surface area contributed by atoms with Crippen molar-refractivity contribution in [3.05, 3.63) is 22.8 Å². The summed E-state index contributed by atoms with van der Waals surface area (Å²) in [5.41, 5.74) is -0.104. The van der Waals surface area contributed by atoms with Gasteiger partial charge in [0, 0.05) is 25.3 Å². The summed E-state index contributed by atoms with van der Waals surface area (Å²) < 4.78 is 5.98. The number of halogens is 1. The molecule has 5 fully saturated rings. The normalized spacial score (nSPS) is 37.4. The van der Waals surface area contributed by atoms with Gasteiger partial charge in [0.1, 0.15) is 18.0 Å². The van der Waals surface area contributed by atoms with Gasteiger partial charge in [-0.3, -0.25) is 0 Å². The smallest absolute Gasteiger partial charge is 0.410 e. The molecule has 5 aliphatic rings. The minimum atomic E-state index is -0.518. The highest BCUT2D eigenvalue weighted by Crippen LogP contribution is 2.56. The first-order valence-electron chi connectivity index (χ1n) is 10.4. The summed E-state index contributed by atoms with van der Waals surface area (Å²) >= 11 is 6.19. The fraction of sp³-hybridized carbons (Fsp3) is 0.667. The van der Waals surface area contributed by atoms with Crippen LogP contribution in [0.2, 0.25) is 5.02 Å². The van der Waals surface area contributed by atoms with Crippen molar-refractivity contribution < 1.29 is 14.6 Å². The monoisotopic (exact) mass is 416 g/mol. The number of anilines is 1. The molecule has 6 atom stereocenters. The van der Waals surface area contributed by atoms with Crippen LogP contribution in [0.3, 0.4) is 0 Å². The second-order valence-electron chi connectivity index (χ2n) is 9.28. The second kappa shape index (κ2) is 7.03. The lowest BCUT2D eigenvalue weighted by molar-refractivity contribution is -0.177. The van der Waals surface area contributed by atoms with Crippen molar-refractivity contribution in [2.45, 2.75) is 56.3 Å². The van der Waals surface area contributed by atoms with E-state index < -0.39 is 5.60 Å². The van der Waals surface area contributed by atoms with Gasteiger partial charge in [-0.2, -0.15) is 5.26 Å². The summed E-state index contributed by atoms with van der Waals surface area (Å²) in [6.45, 7) is 1.16. The topological polar surface area (TPSA) is 98.5 Å². The summed E-state index contributed by atoms with van der Waals surface area (Å²) in [5, 5.41) is 23.3. The highest BCUT2D eigenvalue weighted by Gasteiger charge is 2.56. The molecule has 1 amide bonds. The van der Waals surface area contributed by atoms with E-state index in [2.05, 4.69) is 10.3 Å². The summed E-state index contributed by atoms with van der Waals surface area (Å²) in [6.07, 6.45) is 6.57. The predicted octanol–water partition coefficient (Wildman–Crippen LogP) is 3.17. The molecule has 1 aliphatic heterocycles. The minimum absolute atomic E-state index is 0.0414. The van der Waals surface area contributed by atoms with E-state index in [1.165, 1.54) is 6.20 Å². The van der Waals surface area contributed by atoms with E-state index in [0.717, 1.165) is 38.5 Å². The highest BCUT2D eigenvalue weighted by molar-refractivity contribution is 6.33. The van der Waals surface area contributed by atoms with Crippen molar-refractivity contribution in [2.24, 2.45) is 17.8 Å². The van der Waals surface area contributed by atoms with Gasteiger partial charge >= 0.3 is 6.09 Å². The van der Waals surface area contributed by atoms with Gasteiger partial charge in [0.15, 0.2) is 0 Å². The highest BCUT2D eigenvalue weighted by atomic mass is 35.5. The van der Waals surface area contributed by atoms with Crippen LogP contribution >= 0.6 is 11.6 Å². The van der Waals surface area contributed by atoms with E-state index >= 15 is 0 Å². The molecule has 4 aliphatic carbocycles. The molecule has 4 saturated carbocycles. The molecule has 2 N–H and O–H groups in total. The van der Waals surface area contributed by atoms with Gasteiger partial charge in [-0.05, 0) is 62.3 Å². The van der Waals surface area contributed by atoms with E-state index in [-0.39, 0.29) is 18.2 Å². The van der Waals surface area contributed by atoms with Gasteiger partial charge in [0.2, 0.25) is 0 Å².